The second-order valence-electron chi connectivity index (χ2n) is 13.1. The number of ketones is 1. The lowest BCUT2D eigenvalue weighted by Gasteiger charge is -2.15. The molecule has 0 radical (unpaired) electrons. The van der Waals surface area contributed by atoms with Crippen LogP contribution in [0.15, 0.2) is 83.8 Å². The van der Waals surface area contributed by atoms with E-state index < -0.39 is 37.3 Å². The zero-order chi connectivity index (χ0) is 43.1. The van der Waals surface area contributed by atoms with Crippen molar-refractivity contribution >= 4 is 48.3 Å². The van der Waals surface area contributed by atoms with Gasteiger partial charge in [-0.05, 0) is 86.2 Å². The van der Waals surface area contributed by atoms with Gasteiger partial charge < -0.3 is 34.5 Å². The van der Waals surface area contributed by atoms with Gasteiger partial charge in [-0.15, -0.1) is 0 Å². The first-order chi connectivity index (χ1) is 28.9. The summed E-state index contributed by atoms with van der Waals surface area (Å²) in [6.45, 7) is 1.90. The number of aromatic nitrogens is 4. The molecule has 1 atom stereocenters. The molecule has 0 spiro atoms. The van der Waals surface area contributed by atoms with Gasteiger partial charge in [0, 0.05) is 24.1 Å². The Morgan fingerprint density at radius 2 is 1.67 bits per heavy atom. The van der Waals surface area contributed by atoms with E-state index in [0.717, 1.165) is 5.56 Å². The lowest BCUT2D eigenvalue weighted by atomic mass is 9.99. The number of carbonyl (C=O) groups excluding carboxylic acids is 3. The number of aliphatic carboxylic acids is 1. The summed E-state index contributed by atoms with van der Waals surface area (Å²) >= 11 is 0. The normalized spacial score (nSPS) is 11.4. The maximum Gasteiger partial charge on any atom is 0.604 e. The van der Waals surface area contributed by atoms with Gasteiger partial charge in [0.05, 0.1) is 30.6 Å². The largest absolute Gasteiger partial charge is 0.604 e. The Bertz CT molecular complexity index is 2530. The van der Waals surface area contributed by atoms with Crippen LogP contribution in [0, 0.1) is 32.0 Å². The molecule has 1 amide bonds. The molecule has 308 valence electrons. The number of nitrogens with zero attached hydrogens (tertiary/aromatic N) is 3. The number of amides is 1. The first kappa shape index (κ1) is 43.8. The van der Waals surface area contributed by atoms with Crippen molar-refractivity contribution in [2.75, 3.05) is 11.9 Å². The Kier molecular flexibility index (Phi) is 15.3. The van der Waals surface area contributed by atoms with Gasteiger partial charge in [-0.2, -0.15) is 0 Å². The molecule has 17 nitrogen and oxygen atoms in total. The number of hydrogen-bond donors (Lipinski definition) is 4. The fourth-order valence-corrected chi connectivity index (χ4v) is 6.51. The molecule has 5 rings (SSSR count). The highest BCUT2D eigenvalue weighted by Crippen LogP contribution is 2.48. The van der Waals surface area contributed by atoms with Gasteiger partial charge in [0.1, 0.15) is 35.6 Å². The number of hydrogen-bond acceptors (Lipinski definition) is 14. The van der Waals surface area contributed by atoms with Crippen LogP contribution in [0.3, 0.4) is 0 Å². The molecule has 0 saturated heterocycles. The predicted molar refractivity (Wildman–Crippen MR) is 217 cm³/mol. The number of phosphoric ester groups is 1. The van der Waals surface area contributed by atoms with Gasteiger partial charge in [0.15, 0.2) is 11.2 Å². The van der Waals surface area contributed by atoms with Crippen LogP contribution in [0.25, 0.3) is 11.2 Å². The number of terminal acetylenes is 2. The SMILES string of the molecule is C#COP(=O)(OC#C)OCCCCc1ccc(OC(=O)c2ccccc2CC(=O)CC[C@H](NC(=O)c2ccc(NCc3cnc4nc(C)[nH]c(=O)c4n3)cc2)C(=O)O)cc1. The van der Waals surface area contributed by atoms with E-state index in [9.17, 15) is 33.6 Å². The summed E-state index contributed by atoms with van der Waals surface area (Å²) in [7, 11) is -4.01. The molecule has 0 saturated carbocycles. The average Bonchev–Trinajstić information content (AvgIpc) is 3.22. The second-order valence-corrected chi connectivity index (χ2v) is 14.6. The number of ether oxygens (including phenoxy) is 1. The Labute approximate surface area is 343 Å². The summed E-state index contributed by atoms with van der Waals surface area (Å²) in [6.07, 6.45) is 16.2. The number of carboxylic acid groups (broad SMARTS) is 1. The molecule has 0 aliphatic heterocycles. The number of nitrogens with one attached hydrogen (secondary N) is 3. The summed E-state index contributed by atoms with van der Waals surface area (Å²) in [5.41, 5.74) is 2.76. The van der Waals surface area contributed by atoms with Crippen LogP contribution >= 0.6 is 7.82 Å². The van der Waals surface area contributed by atoms with Gasteiger partial charge in [0.2, 0.25) is 0 Å². The van der Waals surface area contributed by atoms with Crippen molar-refractivity contribution < 1.29 is 47.2 Å². The van der Waals surface area contributed by atoms with Gasteiger partial charge in [-0.25, -0.2) is 29.1 Å². The van der Waals surface area contributed by atoms with Crippen molar-refractivity contribution in [3.8, 4) is 30.8 Å². The van der Waals surface area contributed by atoms with E-state index in [1.807, 2.05) is 0 Å². The Morgan fingerprint density at radius 3 is 2.37 bits per heavy atom. The number of rotatable bonds is 21. The number of carboxylic acids is 1. The second kappa shape index (κ2) is 20.9. The number of aryl methyl sites for hydroxylation is 2. The number of Topliss-reactive ketones (excluding diaryl/α,β-unsaturated/α-hetero) is 1. The Morgan fingerprint density at radius 1 is 0.950 bits per heavy atom. The predicted octanol–water partition coefficient (Wildman–Crippen LogP) is 5.29. The molecule has 60 heavy (non-hydrogen) atoms. The van der Waals surface area contributed by atoms with Crippen LogP contribution in [0.2, 0.25) is 0 Å². The number of esters is 1. The van der Waals surface area contributed by atoms with Gasteiger partial charge in [-0.1, -0.05) is 43.2 Å². The highest BCUT2D eigenvalue weighted by atomic mass is 31.2. The van der Waals surface area contributed by atoms with E-state index in [-0.39, 0.29) is 66.2 Å². The maximum absolute atomic E-state index is 13.2. The van der Waals surface area contributed by atoms with Crippen molar-refractivity contribution in [1.82, 2.24) is 25.3 Å². The maximum atomic E-state index is 13.2. The number of fused-ring (bicyclic) bond motifs is 1. The van der Waals surface area contributed by atoms with E-state index in [4.69, 9.17) is 22.1 Å². The summed E-state index contributed by atoms with van der Waals surface area (Å²) in [5, 5.41) is 15.4. The highest BCUT2D eigenvalue weighted by Gasteiger charge is 2.28. The van der Waals surface area contributed by atoms with Crippen molar-refractivity contribution in [2.45, 2.75) is 58.0 Å². The fourth-order valence-electron chi connectivity index (χ4n) is 5.75. The lowest BCUT2D eigenvalue weighted by Crippen LogP contribution is -2.41. The minimum absolute atomic E-state index is 0.0287. The molecule has 3 aromatic carbocycles. The molecule has 5 aromatic rings. The third-order valence-corrected chi connectivity index (χ3v) is 9.88. The Hall–Kier alpha value is -7.33. The van der Waals surface area contributed by atoms with Crippen LogP contribution in [0.5, 0.6) is 5.75 Å². The number of phosphoric acid groups is 1. The highest BCUT2D eigenvalue weighted by molar-refractivity contribution is 7.48. The van der Waals surface area contributed by atoms with Crippen molar-refractivity contribution in [3.63, 3.8) is 0 Å². The quantitative estimate of drug-likeness (QED) is 0.0242. The van der Waals surface area contributed by atoms with Crippen molar-refractivity contribution in [2.24, 2.45) is 0 Å². The smallest absolute Gasteiger partial charge is 0.480 e. The number of carbonyl (C=O) groups is 4. The zero-order valence-corrected chi connectivity index (χ0v) is 33.1. The van der Waals surface area contributed by atoms with Crippen molar-refractivity contribution in [3.05, 3.63) is 123 Å². The number of benzene rings is 3. The molecule has 0 bridgehead atoms. The lowest BCUT2D eigenvalue weighted by molar-refractivity contribution is -0.139. The van der Waals surface area contributed by atoms with E-state index in [0.29, 0.717) is 42.0 Å². The summed E-state index contributed by atoms with van der Waals surface area (Å²) in [5.74, 6) is -2.28. The zero-order valence-electron chi connectivity index (χ0n) is 32.2. The molecule has 2 aromatic heterocycles. The first-order valence-electron chi connectivity index (χ1n) is 18.4. The third-order valence-electron chi connectivity index (χ3n) is 8.72. The molecular weight excluding hydrogens is 795 g/mol. The van der Waals surface area contributed by atoms with E-state index in [1.165, 1.54) is 24.4 Å². The molecular formula is C42H39N6O11P. The van der Waals surface area contributed by atoms with E-state index in [1.54, 1.807) is 73.7 Å². The van der Waals surface area contributed by atoms with Crippen LogP contribution in [0.1, 0.15) is 69.0 Å². The molecule has 4 N–H and O–H groups in total. The standard InChI is InChI=1S/C42H39N6O11P/c1-4-56-60(55,57-5-2)58-23-9-8-10-28-13-20-34(21-14-28)59-42(54)35-12-7-6-11-30(35)24-33(49)19-22-36(41(52)53)48-39(50)29-15-17-31(18-16-29)43-25-32-26-44-38-37(47-32)40(51)46-27(3)45-38/h1-2,6-7,11-18,20-21,26,36,43H,8-10,19,22-25H2,3H3,(H,48,50)(H,52,53)(H,44,45,46,51)/t36-/m0/s1. The molecule has 0 unspecified atom stereocenters. The van der Waals surface area contributed by atoms with E-state index in [2.05, 4.69) is 39.6 Å². The van der Waals surface area contributed by atoms with Gasteiger partial charge >= 0.3 is 19.8 Å². The summed E-state index contributed by atoms with van der Waals surface area (Å²) in [4.78, 5) is 78.7. The molecule has 0 fully saturated rings. The fraction of sp³-hybridized carbons (Fsp3) is 0.238. The molecule has 18 heteroatoms. The van der Waals surface area contributed by atoms with Crippen LogP contribution in [0.4, 0.5) is 5.69 Å². The average molecular weight is 835 g/mol. The molecule has 2 heterocycles. The number of aromatic amines is 1. The van der Waals surface area contributed by atoms with E-state index >= 15 is 0 Å². The minimum atomic E-state index is -4.01. The van der Waals surface area contributed by atoms with Crippen LogP contribution < -0.4 is 20.9 Å². The minimum Gasteiger partial charge on any atom is -0.480 e. The third kappa shape index (κ3) is 12.6. The summed E-state index contributed by atoms with van der Waals surface area (Å²) < 4.78 is 31.8. The molecule has 0 aliphatic carbocycles. The number of anilines is 1. The van der Waals surface area contributed by atoms with Crippen LogP contribution in [-0.4, -0.2) is 61.3 Å². The number of H-pyrrole nitrogens is 1. The van der Waals surface area contributed by atoms with Gasteiger partial charge in [-0.3, -0.25) is 18.9 Å². The summed E-state index contributed by atoms with van der Waals surface area (Å²) in [6, 6.07) is 18.2. The number of unbranched alkanes of at least 4 members (excludes halogenated alkanes) is 1. The first-order valence-corrected chi connectivity index (χ1v) is 19.9. The van der Waals surface area contributed by atoms with Crippen LogP contribution in [-0.2, 0) is 47.1 Å². The Balaban J connectivity index is 1.07. The topological polar surface area (TPSA) is 238 Å². The monoisotopic (exact) mass is 834 g/mol. The van der Waals surface area contributed by atoms with Crippen molar-refractivity contribution in [1.29, 1.82) is 0 Å². The van der Waals surface area contributed by atoms with Gasteiger partial charge in [0.25, 0.3) is 11.5 Å². The molecule has 0 aliphatic rings.